The maximum Gasteiger partial charge on any atom is 0.0884 e. The van der Waals surface area contributed by atoms with Gasteiger partial charge in [-0.05, 0) is 26.3 Å². The molecule has 0 radical (unpaired) electrons. The van der Waals surface area contributed by atoms with Crippen LogP contribution in [0.5, 0.6) is 0 Å². The summed E-state index contributed by atoms with van der Waals surface area (Å²) in [7, 11) is 0. The monoisotopic (exact) mass is 182 g/mol. The molecule has 74 valence electrons. The number of hydrogen-bond acceptors (Lipinski definition) is 2. The first-order valence-corrected chi connectivity index (χ1v) is 4.89. The molecule has 1 aromatic heterocycles. The zero-order valence-electron chi connectivity index (χ0n) is 8.66. The zero-order valence-corrected chi connectivity index (χ0v) is 8.66. The minimum absolute atomic E-state index is 0.463. The van der Waals surface area contributed by atoms with Gasteiger partial charge < -0.3 is 4.74 Å². The highest BCUT2D eigenvalue weighted by atomic mass is 16.5. The van der Waals surface area contributed by atoms with Crippen LogP contribution in [-0.2, 0) is 11.3 Å². The first-order valence-electron chi connectivity index (χ1n) is 4.89. The van der Waals surface area contributed by atoms with Crippen LogP contribution in [0.1, 0.15) is 38.9 Å². The molecule has 1 aromatic rings. The second-order valence-electron chi connectivity index (χ2n) is 3.16. The van der Waals surface area contributed by atoms with E-state index in [-0.39, 0.29) is 0 Å². The summed E-state index contributed by atoms with van der Waals surface area (Å²) < 4.78 is 7.39. The van der Waals surface area contributed by atoms with Crippen molar-refractivity contribution in [2.24, 2.45) is 0 Å². The van der Waals surface area contributed by atoms with Crippen LogP contribution in [0.4, 0.5) is 0 Å². The van der Waals surface area contributed by atoms with E-state index in [1.807, 2.05) is 23.9 Å². The largest absolute Gasteiger partial charge is 0.375 e. The Bertz CT molecular complexity index is 245. The fourth-order valence-corrected chi connectivity index (χ4v) is 1.23. The van der Waals surface area contributed by atoms with Crippen molar-refractivity contribution in [3.05, 3.63) is 18.0 Å². The van der Waals surface area contributed by atoms with Gasteiger partial charge in [0, 0.05) is 18.8 Å². The van der Waals surface area contributed by atoms with E-state index in [0.29, 0.717) is 12.6 Å². The zero-order chi connectivity index (χ0) is 9.68. The van der Waals surface area contributed by atoms with Crippen molar-refractivity contribution >= 4 is 0 Å². The minimum atomic E-state index is 0.463. The maximum absolute atomic E-state index is 5.35. The summed E-state index contributed by atoms with van der Waals surface area (Å²) in [5.41, 5.74) is 1.16. The second kappa shape index (κ2) is 5.02. The normalized spacial score (nSPS) is 13.2. The topological polar surface area (TPSA) is 27.1 Å². The van der Waals surface area contributed by atoms with Crippen molar-refractivity contribution in [1.29, 1.82) is 0 Å². The highest BCUT2D eigenvalue weighted by molar-refractivity contribution is 4.99. The summed E-state index contributed by atoms with van der Waals surface area (Å²) in [6.45, 7) is 7.76. The molecule has 0 N–H and O–H groups in total. The lowest BCUT2D eigenvalue weighted by atomic mass is 10.2. The van der Waals surface area contributed by atoms with Crippen LogP contribution in [0.25, 0.3) is 0 Å². The SMILES string of the molecule is CCOCc1ccnn1[C@@H](C)CC. The van der Waals surface area contributed by atoms with E-state index in [4.69, 9.17) is 4.74 Å². The van der Waals surface area contributed by atoms with Crippen LogP contribution < -0.4 is 0 Å². The Hall–Kier alpha value is -0.830. The van der Waals surface area contributed by atoms with Crippen LogP contribution in [0.2, 0.25) is 0 Å². The van der Waals surface area contributed by atoms with Gasteiger partial charge in [0.1, 0.15) is 0 Å². The third-order valence-electron chi connectivity index (χ3n) is 2.21. The fourth-order valence-electron chi connectivity index (χ4n) is 1.23. The Morgan fingerprint density at radius 2 is 2.31 bits per heavy atom. The molecule has 0 fully saturated rings. The molecule has 0 aliphatic carbocycles. The van der Waals surface area contributed by atoms with Gasteiger partial charge in [-0.3, -0.25) is 4.68 Å². The van der Waals surface area contributed by atoms with Crippen molar-refractivity contribution < 1.29 is 4.74 Å². The first-order chi connectivity index (χ1) is 6.29. The van der Waals surface area contributed by atoms with E-state index in [2.05, 4.69) is 18.9 Å². The van der Waals surface area contributed by atoms with Crippen molar-refractivity contribution in [1.82, 2.24) is 9.78 Å². The van der Waals surface area contributed by atoms with Gasteiger partial charge in [-0.15, -0.1) is 0 Å². The number of ether oxygens (including phenoxy) is 1. The van der Waals surface area contributed by atoms with E-state index in [9.17, 15) is 0 Å². The van der Waals surface area contributed by atoms with E-state index < -0.39 is 0 Å². The van der Waals surface area contributed by atoms with E-state index in [1.165, 1.54) is 0 Å². The van der Waals surface area contributed by atoms with Crippen LogP contribution in [-0.4, -0.2) is 16.4 Å². The van der Waals surface area contributed by atoms with Crippen LogP contribution in [0.15, 0.2) is 12.3 Å². The minimum Gasteiger partial charge on any atom is -0.375 e. The van der Waals surface area contributed by atoms with E-state index in [1.54, 1.807) is 0 Å². The molecular weight excluding hydrogens is 164 g/mol. The smallest absolute Gasteiger partial charge is 0.0884 e. The summed E-state index contributed by atoms with van der Waals surface area (Å²) in [6, 6.07) is 2.48. The molecule has 3 heteroatoms. The van der Waals surface area contributed by atoms with Crippen molar-refractivity contribution in [3.8, 4) is 0 Å². The maximum atomic E-state index is 5.35. The molecule has 1 atom stereocenters. The Labute approximate surface area is 79.7 Å². The Morgan fingerprint density at radius 1 is 1.54 bits per heavy atom. The molecule has 0 aliphatic rings. The predicted molar refractivity (Wildman–Crippen MR) is 52.6 cm³/mol. The molecule has 0 saturated carbocycles. The second-order valence-corrected chi connectivity index (χ2v) is 3.16. The van der Waals surface area contributed by atoms with Crippen molar-refractivity contribution in [2.45, 2.75) is 39.8 Å². The van der Waals surface area contributed by atoms with E-state index >= 15 is 0 Å². The average Bonchev–Trinajstić information content (AvgIpc) is 2.61. The summed E-state index contributed by atoms with van der Waals surface area (Å²) in [5.74, 6) is 0. The van der Waals surface area contributed by atoms with Gasteiger partial charge in [-0.25, -0.2) is 0 Å². The fraction of sp³-hybridized carbons (Fsp3) is 0.700. The summed E-state index contributed by atoms with van der Waals surface area (Å²) in [4.78, 5) is 0. The molecule has 0 spiro atoms. The van der Waals surface area contributed by atoms with Crippen LogP contribution in [0, 0.1) is 0 Å². The molecule has 0 unspecified atom stereocenters. The standard InChI is InChI=1S/C10H18N2O/c1-4-9(3)12-10(6-7-11-12)8-13-5-2/h6-7,9H,4-5,8H2,1-3H3/t9-/m0/s1. The van der Waals surface area contributed by atoms with Crippen molar-refractivity contribution in [2.75, 3.05) is 6.61 Å². The molecule has 13 heavy (non-hydrogen) atoms. The van der Waals surface area contributed by atoms with Gasteiger partial charge in [0.25, 0.3) is 0 Å². The predicted octanol–water partition coefficient (Wildman–Crippen LogP) is 2.39. The number of hydrogen-bond donors (Lipinski definition) is 0. The lowest BCUT2D eigenvalue weighted by Gasteiger charge is -2.13. The quantitative estimate of drug-likeness (QED) is 0.699. The molecule has 0 aliphatic heterocycles. The van der Waals surface area contributed by atoms with Gasteiger partial charge in [0.15, 0.2) is 0 Å². The third kappa shape index (κ3) is 2.56. The highest BCUT2D eigenvalue weighted by Crippen LogP contribution is 2.12. The average molecular weight is 182 g/mol. The van der Waals surface area contributed by atoms with Gasteiger partial charge in [-0.1, -0.05) is 6.92 Å². The van der Waals surface area contributed by atoms with Gasteiger partial charge in [-0.2, -0.15) is 5.10 Å². The lowest BCUT2D eigenvalue weighted by Crippen LogP contribution is -2.10. The summed E-state index contributed by atoms with van der Waals surface area (Å²) in [6.07, 6.45) is 2.93. The van der Waals surface area contributed by atoms with Crippen LogP contribution >= 0.6 is 0 Å². The number of rotatable bonds is 5. The van der Waals surface area contributed by atoms with Crippen molar-refractivity contribution in [3.63, 3.8) is 0 Å². The highest BCUT2D eigenvalue weighted by Gasteiger charge is 2.07. The van der Waals surface area contributed by atoms with Gasteiger partial charge in [0.05, 0.1) is 12.3 Å². The molecule has 3 nitrogen and oxygen atoms in total. The molecular formula is C10H18N2O. The first kappa shape index (κ1) is 10.3. The molecule has 0 aromatic carbocycles. The molecule has 0 bridgehead atoms. The molecule has 1 rings (SSSR count). The van der Waals surface area contributed by atoms with E-state index in [0.717, 1.165) is 18.7 Å². The summed E-state index contributed by atoms with van der Waals surface area (Å²) >= 11 is 0. The third-order valence-corrected chi connectivity index (χ3v) is 2.21. The number of aromatic nitrogens is 2. The van der Waals surface area contributed by atoms with Gasteiger partial charge >= 0.3 is 0 Å². The molecule has 0 saturated heterocycles. The number of nitrogens with zero attached hydrogens (tertiary/aromatic N) is 2. The van der Waals surface area contributed by atoms with Crippen LogP contribution in [0.3, 0.4) is 0 Å². The Kier molecular flexibility index (Phi) is 3.96. The Morgan fingerprint density at radius 3 is 2.92 bits per heavy atom. The Balaban J connectivity index is 2.65. The molecule has 0 amide bonds. The molecule has 1 heterocycles. The summed E-state index contributed by atoms with van der Waals surface area (Å²) in [5, 5.41) is 4.28. The van der Waals surface area contributed by atoms with Gasteiger partial charge in [0.2, 0.25) is 0 Å². The lowest BCUT2D eigenvalue weighted by molar-refractivity contribution is 0.126.